The lowest BCUT2D eigenvalue weighted by molar-refractivity contribution is -0.385. The average molecular weight is 360 g/mol. The Morgan fingerprint density at radius 1 is 1.11 bits per heavy atom. The van der Waals surface area contributed by atoms with E-state index in [1.165, 1.54) is 6.07 Å². The lowest BCUT2D eigenvalue weighted by Crippen LogP contribution is -2.31. The number of Topliss-reactive ketones (excluding diaryl/α,β-unsaturated/α-hetero) is 1. The quantitative estimate of drug-likeness (QED) is 0.552. The number of carbonyl (C=O) groups is 1. The van der Waals surface area contributed by atoms with Crippen LogP contribution in [0.1, 0.15) is 30.9 Å². The van der Waals surface area contributed by atoms with Crippen molar-refractivity contribution in [2.75, 3.05) is 5.32 Å². The summed E-state index contributed by atoms with van der Waals surface area (Å²) in [6, 6.07) is 13.7. The van der Waals surface area contributed by atoms with E-state index in [0.717, 1.165) is 29.6 Å². The molecule has 1 aliphatic carbocycles. The molecule has 2 aromatic carbocycles. The van der Waals surface area contributed by atoms with Crippen LogP contribution in [0.15, 0.2) is 59.8 Å². The van der Waals surface area contributed by atoms with Gasteiger partial charge in [0.15, 0.2) is 5.78 Å². The molecule has 134 valence electrons. The van der Waals surface area contributed by atoms with Gasteiger partial charge in [-0.25, -0.2) is 4.98 Å². The minimum absolute atomic E-state index is 0.0124. The molecule has 2 aliphatic rings. The van der Waals surface area contributed by atoms with Crippen LogP contribution in [-0.4, -0.2) is 20.3 Å². The number of nitrogens with one attached hydrogen (secondary N) is 1. The van der Waals surface area contributed by atoms with Crippen molar-refractivity contribution in [1.82, 2.24) is 9.55 Å². The zero-order valence-electron chi connectivity index (χ0n) is 14.4. The van der Waals surface area contributed by atoms with Gasteiger partial charge in [-0.05, 0) is 31.0 Å². The van der Waals surface area contributed by atoms with Gasteiger partial charge in [0.1, 0.15) is 0 Å². The second-order valence-corrected chi connectivity index (χ2v) is 6.81. The number of nitrogens with zero attached hydrogens (tertiary/aromatic N) is 3. The highest BCUT2D eigenvalue weighted by Crippen LogP contribution is 2.44. The summed E-state index contributed by atoms with van der Waals surface area (Å²) in [5, 5.41) is 15.0. The number of hydrogen-bond acceptors (Lipinski definition) is 5. The molecule has 0 amide bonds. The van der Waals surface area contributed by atoms with Crippen LogP contribution in [-0.2, 0) is 4.79 Å². The smallest absolute Gasteiger partial charge is 0.275 e. The molecule has 0 unspecified atom stereocenters. The minimum atomic E-state index is -0.557. The summed E-state index contributed by atoms with van der Waals surface area (Å²) in [6.45, 7) is 0. The number of anilines is 1. The van der Waals surface area contributed by atoms with Crippen LogP contribution >= 0.6 is 0 Å². The van der Waals surface area contributed by atoms with Gasteiger partial charge in [0.2, 0.25) is 5.95 Å². The number of nitro groups is 1. The van der Waals surface area contributed by atoms with Crippen LogP contribution < -0.4 is 5.32 Å². The van der Waals surface area contributed by atoms with Crippen molar-refractivity contribution < 1.29 is 9.72 Å². The number of fused-ring (bicyclic) bond motifs is 3. The number of para-hydroxylation sites is 3. The molecule has 1 N–H and O–H groups in total. The molecule has 0 radical (unpaired) electrons. The molecule has 27 heavy (non-hydrogen) atoms. The highest BCUT2D eigenvalue weighted by molar-refractivity contribution is 6.00. The van der Waals surface area contributed by atoms with Crippen molar-refractivity contribution >= 4 is 28.5 Å². The Balaban J connectivity index is 1.85. The summed E-state index contributed by atoms with van der Waals surface area (Å²) in [7, 11) is 0. The summed E-state index contributed by atoms with van der Waals surface area (Å²) >= 11 is 0. The Labute approximate surface area is 154 Å². The number of aromatic nitrogens is 2. The molecular weight excluding hydrogens is 344 g/mol. The van der Waals surface area contributed by atoms with E-state index in [2.05, 4.69) is 10.3 Å². The van der Waals surface area contributed by atoms with Crippen molar-refractivity contribution in [3.63, 3.8) is 0 Å². The summed E-state index contributed by atoms with van der Waals surface area (Å²) < 4.78 is 1.92. The first kappa shape index (κ1) is 15.7. The number of rotatable bonds is 2. The van der Waals surface area contributed by atoms with E-state index in [-0.39, 0.29) is 16.4 Å². The van der Waals surface area contributed by atoms with Crippen LogP contribution in [0.25, 0.3) is 11.0 Å². The Kier molecular flexibility index (Phi) is 3.36. The molecule has 0 saturated heterocycles. The molecule has 5 rings (SSSR count). The maximum absolute atomic E-state index is 12.9. The highest BCUT2D eigenvalue weighted by atomic mass is 16.6. The fourth-order valence-electron chi connectivity index (χ4n) is 4.15. The molecule has 1 aromatic heterocycles. The zero-order chi connectivity index (χ0) is 18.5. The standard InChI is InChI=1S/C20H16N4O3/c25-17-11-5-8-14-18(17)19(12-6-1-3-9-15(12)24(26)27)23-16-10-4-2-7-13(16)21-20(23)22-14/h1-4,6-7,9-10,19H,5,8,11H2,(H,21,22)/t19-/m1/s1. The Bertz CT molecular complexity index is 1150. The first-order valence-electron chi connectivity index (χ1n) is 8.88. The first-order chi connectivity index (χ1) is 13.1. The maximum atomic E-state index is 12.9. The molecular formula is C20H16N4O3. The number of carbonyl (C=O) groups excluding carboxylic acids is 1. The molecule has 1 atom stereocenters. The third-order valence-electron chi connectivity index (χ3n) is 5.27. The first-order valence-corrected chi connectivity index (χ1v) is 8.88. The van der Waals surface area contributed by atoms with Crippen LogP contribution in [0.3, 0.4) is 0 Å². The molecule has 7 nitrogen and oxygen atoms in total. The van der Waals surface area contributed by atoms with E-state index in [4.69, 9.17) is 0 Å². The average Bonchev–Trinajstić information content (AvgIpc) is 3.04. The van der Waals surface area contributed by atoms with Gasteiger partial charge in [0, 0.05) is 23.8 Å². The van der Waals surface area contributed by atoms with Crippen molar-refractivity contribution in [3.8, 4) is 0 Å². The van der Waals surface area contributed by atoms with E-state index < -0.39 is 6.04 Å². The van der Waals surface area contributed by atoms with Gasteiger partial charge in [0.05, 0.1) is 27.6 Å². The predicted octanol–water partition coefficient (Wildman–Crippen LogP) is 3.97. The molecule has 3 aromatic rings. The maximum Gasteiger partial charge on any atom is 0.275 e. The Morgan fingerprint density at radius 2 is 1.89 bits per heavy atom. The van der Waals surface area contributed by atoms with E-state index >= 15 is 0 Å². The summed E-state index contributed by atoms with van der Waals surface area (Å²) in [4.78, 5) is 28.8. The van der Waals surface area contributed by atoms with Crippen LogP contribution in [0.5, 0.6) is 0 Å². The van der Waals surface area contributed by atoms with E-state index in [1.807, 2.05) is 28.8 Å². The Morgan fingerprint density at radius 3 is 2.74 bits per heavy atom. The third kappa shape index (κ3) is 2.28. The van der Waals surface area contributed by atoms with Gasteiger partial charge >= 0.3 is 0 Å². The highest BCUT2D eigenvalue weighted by Gasteiger charge is 2.39. The third-order valence-corrected chi connectivity index (χ3v) is 5.27. The lowest BCUT2D eigenvalue weighted by atomic mass is 9.84. The van der Waals surface area contributed by atoms with Gasteiger partial charge in [-0.15, -0.1) is 0 Å². The summed E-state index contributed by atoms with van der Waals surface area (Å²) in [6.07, 6.45) is 1.97. The number of ketones is 1. The van der Waals surface area contributed by atoms with Gasteiger partial charge < -0.3 is 5.32 Å². The van der Waals surface area contributed by atoms with Crippen LogP contribution in [0, 0.1) is 10.1 Å². The minimum Gasteiger partial charge on any atom is -0.329 e. The van der Waals surface area contributed by atoms with Gasteiger partial charge in [-0.1, -0.05) is 24.3 Å². The van der Waals surface area contributed by atoms with Crippen molar-refractivity contribution in [2.45, 2.75) is 25.3 Å². The molecule has 0 saturated carbocycles. The lowest BCUT2D eigenvalue weighted by Gasteiger charge is -2.33. The number of nitro benzene ring substituents is 1. The van der Waals surface area contributed by atoms with Crippen LogP contribution in [0.4, 0.5) is 11.6 Å². The van der Waals surface area contributed by atoms with Crippen molar-refractivity contribution in [2.24, 2.45) is 0 Å². The predicted molar refractivity (Wildman–Crippen MR) is 100 cm³/mol. The number of hydrogen-bond donors (Lipinski definition) is 1. The molecule has 7 heteroatoms. The SMILES string of the molecule is O=C1CCCC2=C1[C@@H](c1ccccc1[N+](=O)[O-])n1c(nc3ccccc31)N2. The zero-order valence-corrected chi connectivity index (χ0v) is 14.4. The molecule has 2 heterocycles. The van der Waals surface area contributed by atoms with Gasteiger partial charge in [0.25, 0.3) is 5.69 Å². The van der Waals surface area contributed by atoms with Gasteiger partial charge in [-0.2, -0.15) is 0 Å². The number of allylic oxidation sites excluding steroid dienone is 2. The molecule has 0 fully saturated rings. The monoisotopic (exact) mass is 360 g/mol. The number of imidazole rings is 1. The summed E-state index contributed by atoms with van der Waals surface area (Å²) in [5.74, 6) is 0.656. The normalized spacial score (nSPS) is 18.8. The molecule has 1 aliphatic heterocycles. The second-order valence-electron chi connectivity index (χ2n) is 6.81. The second kappa shape index (κ2) is 5.77. The fourth-order valence-corrected chi connectivity index (χ4v) is 4.15. The molecule has 0 spiro atoms. The van der Waals surface area contributed by atoms with E-state index in [9.17, 15) is 14.9 Å². The fraction of sp³-hybridized carbons (Fsp3) is 0.200. The molecule has 0 bridgehead atoms. The van der Waals surface area contributed by atoms with E-state index in [0.29, 0.717) is 23.5 Å². The van der Waals surface area contributed by atoms with Gasteiger partial charge in [-0.3, -0.25) is 19.5 Å². The number of benzene rings is 2. The largest absolute Gasteiger partial charge is 0.329 e. The summed E-state index contributed by atoms with van der Waals surface area (Å²) in [5.41, 5.74) is 3.60. The van der Waals surface area contributed by atoms with Crippen molar-refractivity contribution in [3.05, 3.63) is 75.5 Å². The topological polar surface area (TPSA) is 90.1 Å². The van der Waals surface area contributed by atoms with Crippen LogP contribution in [0.2, 0.25) is 0 Å². The van der Waals surface area contributed by atoms with E-state index in [1.54, 1.807) is 18.2 Å². The van der Waals surface area contributed by atoms with Crippen molar-refractivity contribution in [1.29, 1.82) is 0 Å². The Hall–Kier alpha value is -3.48.